The lowest BCUT2D eigenvalue weighted by atomic mass is 10.0. The van der Waals surface area contributed by atoms with Crippen LogP contribution in [0.5, 0.6) is 0 Å². The number of rotatable bonds is 5. The lowest BCUT2D eigenvalue weighted by Crippen LogP contribution is -2.61. The Kier molecular flexibility index (Phi) is 6.77. The van der Waals surface area contributed by atoms with E-state index in [-0.39, 0.29) is 5.88 Å². The Morgan fingerprint density at radius 1 is 1.00 bits per heavy atom. The van der Waals surface area contributed by atoms with Crippen LogP contribution in [-0.2, 0) is 14.2 Å². The summed E-state index contributed by atoms with van der Waals surface area (Å²) in [5.74, 6) is -2.43. The first-order chi connectivity index (χ1) is 10.8. The van der Waals surface area contributed by atoms with Crippen LogP contribution in [0.4, 0.5) is 0 Å². The van der Waals surface area contributed by atoms with Crippen LogP contribution in [0.2, 0.25) is 0 Å². The quantitative estimate of drug-likeness (QED) is 0.349. The molecule has 0 radical (unpaired) electrons. The molecule has 5 N–H and O–H groups in total. The number of aliphatic hydroxyl groups excluding tert-OH is 5. The Hall–Kier alpha value is 0.550. The van der Waals surface area contributed by atoms with Crippen molar-refractivity contribution >= 4 is 34.8 Å². The summed E-state index contributed by atoms with van der Waals surface area (Å²) in [6, 6.07) is 0. The first-order valence-electron chi connectivity index (χ1n) is 6.91. The second kappa shape index (κ2) is 7.84. The molecule has 136 valence electrons. The Labute approximate surface area is 147 Å². The van der Waals surface area contributed by atoms with Crippen LogP contribution in [0.3, 0.4) is 0 Å². The number of hydrogen-bond donors (Lipinski definition) is 5. The van der Waals surface area contributed by atoms with Crippen LogP contribution in [0, 0.1) is 0 Å². The molecule has 8 nitrogen and oxygen atoms in total. The van der Waals surface area contributed by atoms with Gasteiger partial charge in [0.2, 0.25) is 5.79 Å². The second-order valence-corrected chi connectivity index (χ2v) is 6.54. The van der Waals surface area contributed by atoms with E-state index in [0.717, 1.165) is 0 Å². The summed E-state index contributed by atoms with van der Waals surface area (Å²) in [5.41, 5.74) is 0. The van der Waals surface area contributed by atoms with Gasteiger partial charge in [-0.3, -0.25) is 0 Å². The van der Waals surface area contributed by atoms with Crippen molar-refractivity contribution in [3.63, 3.8) is 0 Å². The molecule has 0 aromatic carbocycles. The van der Waals surface area contributed by atoms with Gasteiger partial charge in [0, 0.05) is 0 Å². The highest BCUT2D eigenvalue weighted by Crippen LogP contribution is 2.37. The van der Waals surface area contributed by atoms with Gasteiger partial charge in [-0.25, -0.2) is 0 Å². The molecular formula is C12H19Cl3O8. The minimum absolute atomic E-state index is 0.125. The summed E-state index contributed by atoms with van der Waals surface area (Å²) < 4.78 is 16.1. The van der Waals surface area contributed by atoms with Gasteiger partial charge in [-0.1, -0.05) is 0 Å². The van der Waals surface area contributed by atoms with Gasteiger partial charge in [0.15, 0.2) is 6.29 Å². The van der Waals surface area contributed by atoms with Crippen LogP contribution in [0.1, 0.15) is 0 Å². The fourth-order valence-electron chi connectivity index (χ4n) is 2.56. The van der Waals surface area contributed by atoms with Crippen LogP contribution in [-0.4, -0.2) is 98.0 Å². The van der Waals surface area contributed by atoms with Crippen molar-refractivity contribution in [2.45, 2.75) is 54.1 Å². The number of ether oxygens (including phenoxy) is 3. The van der Waals surface area contributed by atoms with E-state index in [1.807, 2.05) is 0 Å². The summed E-state index contributed by atoms with van der Waals surface area (Å²) in [7, 11) is 0. The Morgan fingerprint density at radius 3 is 2.13 bits per heavy atom. The van der Waals surface area contributed by atoms with Crippen molar-refractivity contribution in [3.8, 4) is 0 Å². The third kappa shape index (κ3) is 3.58. The van der Waals surface area contributed by atoms with Crippen LogP contribution in [0.25, 0.3) is 0 Å². The number of halogens is 3. The van der Waals surface area contributed by atoms with Crippen LogP contribution in [0.15, 0.2) is 0 Å². The van der Waals surface area contributed by atoms with Gasteiger partial charge < -0.3 is 39.7 Å². The average molecular weight is 398 g/mol. The third-order valence-corrected chi connectivity index (χ3v) is 5.17. The fraction of sp³-hybridized carbons (Fsp3) is 1.00. The van der Waals surface area contributed by atoms with E-state index in [4.69, 9.17) is 49.0 Å². The van der Waals surface area contributed by atoms with Gasteiger partial charge in [-0.2, -0.15) is 0 Å². The van der Waals surface area contributed by atoms with Crippen LogP contribution < -0.4 is 0 Å². The van der Waals surface area contributed by atoms with Gasteiger partial charge in [-0.15, -0.1) is 34.8 Å². The van der Waals surface area contributed by atoms with Gasteiger partial charge in [0.1, 0.15) is 36.6 Å². The largest absolute Gasteiger partial charge is 0.394 e. The maximum atomic E-state index is 10.1. The molecule has 2 fully saturated rings. The highest BCUT2D eigenvalue weighted by molar-refractivity contribution is 6.21. The summed E-state index contributed by atoms with van der Waals surface area (Å²) in [6.07, 6.45) is -9.39. The molecule has 0 saturated carbocycles. The van der Waals surface area contributed by atoms with Crippen molar-refractivity contribution in [1.82, 2.24) is 0 Å². The number of hydrogen-bond acceptors (Lipinski definition) is 8. The molecule has 2 aliphatic rings. The molecule has 2 saturated heterocycles. The maximum Gasteiger partial charge on any atom is 0.214 e. The molecule has 0 aliphatic carbocycles. The molecule has 2 aliphatic heterocycles. The highest BCUT2D eigenvalue weighted by atomic mass is 35.5. The predicted molar refractivity (Wildman–Crippen MR) is 79.5 cm³/mol. The molecule has 0 aromatic heterocycles. The molecule has 9 atom stereocenters. The monoisotopic (exact) mass is 396 g/mol. The molecule has 0 spiro atoms. The molecule has 2 heterocycles. The van der Waals surface area contributed by atoms with E-state index in [2.05, 4.69) is 0 Å². The summed E-state index contributed by atoms with van der Waals surface area (Å²) in [5, 5.41) is 48.1. The Balaban J connectivity index is 2.18. The van der Waals surface area contributed by atoms with E-state index in [9.17, 15) is 25.5 Å². The van der Waals surface area contributed by atoms with E-state index >= 15 is 0 Å². The molecule has 0 aromatic rings. The summed E-state index contributed by atoms with van der Waals surface area (Å²) in [6.45, 7) is -0.526. The van der Waals surface area contributed by atoms with Gasteiger partial charge in [0.05, 0.1) is 23.7 Å². The minimum Gasteiger partial charge on any atom is -0.394 e. The second-order valence-electron chi connectivity index (χ2n) is 5.46. The van der Waals surface area contributed by atoms with Crippen LogP contribution >= 0.6 is 34.8 Å². The fourth-order valence-corrected chi connectivity index (χ4v) is 3.37. The first-order valence-corrected chi connectivity index (χ1v) is 8.42. The molecule has 0 amide bonds. The molecule has 0 bridgehead atoms. The summed E-state index contributed by atoms with van der Waals surface area (Å²) >= 11 is 17.3. The molecule has 23 heavy (non-hydrogen) atoms. The predicted octanol–water partition coefficient (Wildman–Crippen LogP) is -1.66. The van der Waals surface area contributed by atoms with E-state index in [1.54, 1.807) is 0 Å². The topological polar surface area (TPSA) is 129 Å². The SMILES string of the molecule is OCC1O[C@H](O[C@]2(CCl)O[C@H](CCl)C(O)C2O)C(O)C(O)[C@H]1Cl. The highest BCUT2D eigenvalue weighted by Gasteiger charge is 2.58. The third-order valence-electron chi connectivity index (χ3n) is 3.96. The standard InChI is InChI=1S/C12H19Cl3O8/c13-1-4-7(17)10(20)12(3-14,22-4)23-11-9(19)8(18)6(15)5(2-16)21-11/h4-11,16-20H,1-3H2/t4-,5?,6+,7?,8?,9?,10?,11-,12+/m1/s1. The minimum atomic E-state index is -1.90. The van der Waals surface area contributed by atoms with Gasteiger partial charge in [0.25, 0.3) is 0 Å². The number of alkyl halides is 3. The normalized spacial score (nSPS) is 51.1. The van der Waals surface area contributed by atoms with E-state index < -0.39 is 66.6 Å². The zero-order valence-electron chi connectivity index (χ0n) is 11.8. The Morgan fingerprint density at radius 2 is 1.65 bits per heavy atom. The lowest BCUT2D eigenvalue weighted by molar-refractivity contribution is -0.357. The summed E-state index contributed by atoms with van der Waals surface area (Å²) in [4.78, 5) is 0. The Bertz CT molecular complexity index is 403. The first kappa shape index (κ1) is 19.9. The number of aliphatic hydroxyl groups is 5. The zero-order valence-corrected chi connectivity index (χ0v) is 14.1. The van der Waals surface area contributed by atoms with Crippen molar-refractivity contribution < 1.29 is 39.7 Å². The van der Waals surface area contributed by atoms with Crippen molar-refractivity contribution in [1.29, 1.82) is 0 Å². The maximum absolute atomic E-state index is 10.1. The average Bonchev–Trinajstić information content (AvgIpc) is 2.80. The molecule has 5 unspecified atom stereocenters. The molecule has 11 heteroatoms. The smallest absolute Gasteiger partial charge is 0.214 e. The van der Waals surface area contributed by atoms with Gasteiger partial charge >= 0.3 is 0 Å². The van der Waals surface area contributed by atoms with E-state index in [1.165, 1.54) is 0 Å². The molecule has 2 rings (SSSR count). The van der Waals surface area contributed by atoms with Gasteiger partial charge in [-0.05, 0) is 0 Å². The van der Waals surface area contributed by atoms with E-state index in [0.29, 0.717) is 0 Å². The van der Waals surface area contributed by atoms with Crippen molar-refractivity contribution in [2.75, 3.05) is 18.4 Å². The van der Waals surface area contributed by atoms with Crippen molar-refractivity contribution in [3.05, 3.63) is 0 Å². The lowest BCUT2D eigenvalue weighted by Gasteiger charge is -2.43. The zero-order chi connectivity index (χ0) is 17.4. The van der Waals surface area contributed by atoms with Crippen molar-refractivity contribution in [2.24, 2.45) is 0 Å². The molecular weight excluding hydrogens is 378 g/mol.